The largest absolute Gasteiger partial charge is 0.437 e. The van der Waals surface area contributed by atoms with Gasteiger partial charge in [0.25, 0.3) is 10.0 Å². The highest BCUT2D eigenvalue weighted by Crippen LogP contribution is 2.22. The highest BCUT2D eigenvalue weighted by molar-refractivity contribution is 7.92. The average Bonchev–Trinajstić information content (AvgIpc) is 2.63. The molecule has 0 bridgehead atoms. The van der Waals surface area contributed by atoms with Gasteiger partial charge in [0.1, 0.15) is 5.58 Å². The van der Waals surface area contributed by atoms with Gasteiger partial charge in [-0.3, -0.25) is 9.52 Å². The molecular formula is C19H14N2O4S. The Morgan fingerprint density at radius 2 is 1.77 bits per heavy atom. The van der Waals surface area contributed by atoms with Gasteiger partial charge in [-0.05, 0) is 49.4 Å². The summed E-state index contributed by atoms with van der Waals surface area (Å²) in [5, 5.41) is 0.633. The van der Waals surface area contributed by atoms with Gasteiger partial charge in [-0.25, -0.2) is 13.4 Å². The number of fused-ring (bicyclic) bond motifs is 2. The van der Waals surface area contributed by atoms with Crippen molar-refractivity contribution in [1.29, 1.82) is 0 Å². The second-order valence-corrected chi connectivity index (χ2v) is 7.60. The number of pyridine rings is 1. The van der Waals surface area contributed by atoms with E-state index in [1.54, 1.807) is 42.6 Å². The quantitative estimate of drug-likeness (QED) is 0.561. The van der Waals surface area contributed by atoms with Gasteiger partial charge < -0.3 is 4.42 Å². The van der Waals surface area contributed by atoms with Gasteiger partial charge in [-0.2, -0.15) is 0 Å². The fourth-order valence-electron chi connectivity index (χ4n) is 2.69. The summed E-state index contributed by atoms with van der Waals surface area (Å²) in [6.45, 7) is 1.88. The maximum absolute atomic E-state index is 12.6. The van der Waals surface area contributed by atoms with Crippen molar-refractivity contribution in [2.75, 3.05) is 4.72 Å². The van der Waals surface area contributed by atoms with Crippen molar-refractivity contribution >= 4 is 37.8 Å². The lowest BCUT2D eigenvalue weighted by Gasteiger charge is -2.09. The van der Waals surface area contributed by atoms with Crippen molar-refractivity contribution in [2.24, 2.45) is 0 Å². The summed E-state index contributed by atoms with van der Waals surface area (Å²) < 4.78 is 33.2. The van der Waals surface area contributed by atoms with Crippen LogP contribution in [-0.2, 0) is 10.0 Å². The molecule has 26 heavy (non-hydrogen) atoms. The Balaban J connectivity index is 1.80. The van der Waals surface area contributed by atoms with Gasteiger partial charge >= 0.3 is 0 Å². The van der Waals surface area contributed by atoms with Crippen LogP contribution in [0.4, 0.5) is 5.69 Å². The summed E-state index contributed by atoms with van der Waals surface area (Å²) in [5.74, 6) is 0. The summed E-state index contributed by atoms with van der Waals surface area (Å²) in [6.07, 6.45) is 1.54. The van der Waals surface area contributed by atoms with Crippen molar-refractivity contribution in [1.82, 2.24) is 4.98 Å². The summed E-state index contributed by atoms with van der Waals surface area (Å²) in [7, 11) is -3.75. The molecule has 2 aromatic carbocycles. The average molecular weight is 366 g/mol. The summed E-state index contributed by atoms with van der Waals surface area (Å²) in [5.41, 5.74) is 1.59. The van der Waals surface area contributed by atoms with Crippen LogP contribution in [0.25, 0.3) is 22.1 Å². The predicted molar refractivity (Wildman–Crippen MR) is 99.8 cm³/mol. The van der Waals surface area contributed by atoms with Gasteiger partial charge in [0.15, 0.2) is 0 Å². The number of aromatic nitrogens is 1. The van der Waals surface area contributed by atoms with Crippen LogP contribution < -0.4 is 10.2 Å². The van der Waals surface area contributed by atoms with Gasteiger partial charge in [-0.1, -0.05) is 17.7 Å². The minimum atomic E-state index is -3.75. The van der Waals surface area contributed by atoms with Crippen molar-refractivity contribution in [3.8, 4) is 0 Å². The van der Waals surface area contributed by atoms with E-state index in [1.165, 1.54) is 18.2 Å². The number of anilines is 1. The molecule has 1 N–H and O–H groups in total. The molecule has 0 amide bonds. The number of hydrogen-bond donors (Lipinski definition) is 1. The first-order valence-electron chi connectivity index (χ1n) is 7.85. The molecule has 2 aromatic heterocycles. The van der Waals surface area contributed by atoms with Crippen LogP contribution in [0.3, 0.4) is 0 Å². The van der Waals surface area contributed by atoms with Crippen molar-refractivity contribution in [2.45, 2.75) is 11.8 Å². The first-order valence-corrected chi connectivity index (χ1v) is 9.33. The molecule has 0 atom stereocenters. The standard InChI is InChI=1S/C19H14N2O4S/c1-12-4-7-14(8-5-12)26(23,24)21-13-6-9-17-16(11-13)18(22)15-3-2-10-20-19(15)25-17/h2-11,21H,1H3. The van der Waals surface area contributed by atoms with Crippen LogP contribution >= 0.6 is 0 Å². The molecule has 4 aromatic rings. The lowest BCUT2D eigenvalue weighted by Crippen LogP contribution is -2.13. The summed E-state index contributed by atoms with van der Waals surface area (Å²) in [4.78, 5) is 16.8. The van der Waals surface area contributed by atoms with E-state index in [0.29, 0.717) is 11.0 Å². The first kappa shape index (κ1) is 16.3. The van der Waals surface area contributed by atoms with Crippen molar-refractivity contribution in [3.63, 3.8) is 0 Å². The van der Waals surface area contributed by atoms with Crippen molar-refractivity contribution < 1.29 is 12.8 Å². The second-order valence-electron chi connectivity index (χ2n) is 5.92. The van der Waals surface area contributed by atoms with E-state index in [-0.39, 0.29) is 27.1 Å². The maximum Gasteiger partial charge on any atom is 0.261 e. The molecule has 0 saturated heterocycles. The number of rotatable bonds is 3. The smallest absolute Gasteiger partial charge is 0.261 e. The van der Waals surface area contributed by atoms with Crippen LogP contribution in [0.1, 0.15) is 5.56 Å². The van der Waals surface area contributed by atoms with E-state index < -0.39 is 10.0 Å². The van der Waals surface area contributed by atoms with Gasteiger partial charge in [0.2, 0.25) is 11.1 Å². The molecule has 7 heteroatoms. The van der Waals surface area contributed by atoms with Gasteiger partial charge in [0, 0.05) is 11.9 Å². The number of benzene rings is 2. The molecule has 0 aliphatic carbocycles. The molecule has 0 radical (unpaired) electrons. The number of aryl methyl sites for hydroxylation is 1. The molecule has 0 aliphatic rings. The molecular weight excluding hydrogens is 352 g/mol. The van der Waals surface area contributed by atoms with Crippen LogP contribution in [-0.4, -0.2) is 13.4 Å². The third-order valence-electron chi connectivity index (χ3n) is 4.03. The monoisotopic (exact) mass is 366 g/mol. The van der Waals surface area contributed by atoms with E-state index in [9.17, 15) is 13.2 Å². The lowest BCUT2D eigenvalue weighted by molar-refractivity contribution is 0.601. The van der Waals surface area contributed by atoms with Crippen LogP contribution in [0.15, 0.2) is 74.9 Å². The minimum absolute atomic E-state index is 0.151. The molecule has 0 spiro atoms. The van der Waals surface area contributed by atoms with Crippen molar-refractivity contribution in [3.05, 3.63) is 76.6 Å². The van der Waals surface area contributed by atoms with Gasteiger partial charge in [0.05, 0.1) is 15.7 Å². The van der Waals surface area contributed by atoms with Crippen LogP contribution in [0, 0.1) is 6.92 Å². The zero-order valence-corrected chi connectivity index (χ0v) is 14.6. The van der Waals surface area contributed by atoms with E-state index in [0.717, 1.165) is 5.56 Å². The molecule has 6 nitrogen and oxygen atoms in total. The number of sulfonamides is 1. The van der Waals surface area contributed by atoms with Gasteiger partial charge in [-0.15, -0.1) is 0 Å². The fraction of sp³-hybridized carbons (Fsp3) is 0.0526. The first-order chi connectivity index (χ1) is 12.4. The highest BCUT2D eigenvalue weighted by Gasteiger charge is 2.15. The number of nitrogens with zero attached hydrogens (tertiary/aromatic N) is 1. The molecule has 0 aliphatic heterocycles. The fourth-order valence-corrected chi connectivity index (χ4v) is 3.74. The molecule has 0 saturated carbocycles. The minimum Gasteiger partial charge on any atom is -0.437 e. The van der Waals surface area contributed by atoms with E-state index >= 15 is 0 Å². The lowest BCUT2D eigenvalue weighted by atomic mass is 10.1. The maximum atomic E-state index is 12.6. The predicted octanol–water partition coefficient (Wildman–Crippen LogP) is 3.45. The Labute approximate surface area is 149 Å². The Bertz CT molecular complexity index is 1290. The molecule has 4 rings (SSSR count). The summed E-state index contributed by atoms with van der Waals surface area (Å²) in [6, 6.07) is 14.4. The third-order valence-corrected chi connectivity index (χ3v) is 5.43. The number of hydrogen-bond acceptors (Lipinski definition) is 5. The third kappa shape index (κ3) is 2.82. The SMILES string of the molecule is Cc1ccc(S(=O)(=O)Nc2ccc3oc4ncccc4c(=O)c3c2)cc1. The molecule has 130 valence electrons. The Morgan fingerprint density at radius 1 is 1.00 bits per heavy atom. The Kier molecular flexibility index (Phi) is 3.73. The van der Waals surface area contributed by atoms with Crippen LogP contribution in [0.5, 0.6) is 0 Å². The van der Waals surface area contributed by atoms with E-state index in [4.69, 9.17) is 4.42 Å². The second kappa shape index (κ2) is 5.96. The highest BCUT2D eigenvalue weighted by atomic mass is 32.2. The molecule has 0 unspecified atom stereocenters. The zero-order chi connectivity index (χ0) is 18.3. The Morgan fingerprint density at radius 3 is 2.54 bits per heavy atom. The molecule has 2 heterocycles. The zero-order valence-electron chi connectivity index (χ0n) is 13.8. The van der Waals surface area contributed by atoms with Crippen LogP contribution in [0.2, 0.25) is 0 Å². The van der Waals surface area contributed by atoms with E-state index in [1.807, 2.05) is 6.92 Å². The molecule has 0 fully saturated rings. The normalized spacial score (nSPS) is 11.7. The number of nitrogens with one attached hydrogen (secondary N) is 1. The summed E-state index contributed by atoms with van der Waals surface area (Å²) >= 11 is 0. The topological polar surface area (TPSA) is 89.3 Å². The van der Waals surface area contributed by atoms with E-state index in [2.05, 4.69) is 9.71 Å². The Hall–Kier alpha value is -3.19.